The van der Waals surface area contributed by atoms with Crippen LogP contribution in [0.15, 0.2) is 18.2 Å². The number of fused-ring (bicyclic) bond motifs is 1. The van der Waals surface area contributed by atoms with Crippen molar-refractivity contribution in [2.75, 3.05) is 0 Å². The van der Waals surface area contributed by atoms with E-state index in [9.17, 15) is 9.59 Å². The number of carboxylic acid groups (broad SMARTS) is 1. The molecule has 0 aliphatic heterocycles. The Labute approximate surface area is 112 Å². The van der Waals surface area contributed by atoms with Crippen LogP contribution in [0.5, 0.6) is 0 Å². The first-order valence-corrected chi connectivity index (χ1v) is 7.04. The van der Waals surface area contributed by atoms with E-state index < -0.39 is 5.97 Å². The third-order valence-corrected chi connectivity index (χ3v) is 4.54. The maximum absolute atomic E-state index is 12.4. The van der Waals surface area contributed by atoms with Crippen molar-refractivity contribution in [3.63, 3.8) is 0 Å². The Morgan fingerprint density at radius 1 is 1.05 bits per heavy atom. The SMILES string of the molecule is O=C(O)C1CCC(C(=O)c2ccc3c(c2)CCC3)C1. The lowest BCUT2D eigenvalue weighted by molar-refractivity contribution is -0.141. The van der Waals surface area contributed by atoms with Crippen molar-refractivity contribution in [2.24, 2.45) is 11.8 Å². The molecular formula is C16H18O3. The second-order valence-electron chi connectivity index (χ2n) is 5.75. The summed E-state index contributed by atoms with van der Waals surface area (Å²) in [5.74, 6) is -1.05. The van der Waals surface area contributed by atoms with Gasteiger partial charge in [-0.2, -0.15) is 0 Å². The monoisotopic (exact) mass is 258 g/mol. The Morgan fingerprint density at radius 3 is 2.53 bits per heavy atom. The molecule has 1 aromatic carbocycles. The van der Waals surface area contributed by atoms with Gasteiger partial charge in [0.25, 0.3) is 0 Å². The van der Waals surface area contributed by atoms with Gasteiger partial charge in [0.15, 0.2) is 5.78 Å². The number of aliphatic carboxylic acids is 1. The number of Topliss-reactive ketones (excluding diaryl/α,β-unsaturated/α-hetero) is 1. The minimum absolute atomic E-state index is 0.0967. The van der Waals surface area contributed by atoms with E-state index in [0.717, 1.165) is 18.4 Å². The molecule has 1 fully saturated rings. The van der Waals surface area contributed by atoms with Gasteiger partial charge in [-0.05, 0) is 55.7 Å². The highest BCUT2D eigenvalue weighted by molar-refractivity contribution is 5.98. The third-order valence-electron chi connectivity index (χ3n) is 4.54. The van der Waals surface area contributed by atoms with Crippen LogP contribution in [0, 0.1) is 11.8 Å². The lowest BCUT2D eigenvalue weighted by Gasteiger charge is -2.10. The van der Waals surface area contributed by atoms with E-state index in [-0.39, 0.29) is 17.6 Å². The molecule has 2 aliphatic carbocycles. The summed E-state index contributed by atoms with van der Waals surface area (Å²) in [6.07, 6.45) is 5.22. The predicted molar refractivity (Wildman–Crippen MR) is 71.3 cm³/mol. The summed E-state index contributed by atoms with van der Waals surface area (Å²) >= 11 is 0. The van der Waals surface area contributed by atoms with Crippen molar-refractivity contribution >= 4 is 11.8 Å². The molecule has 0 amide bonds. The molecule has 0 spiro atoms. The van der Waals surface area contributed by atoms with Crippen LogP contribution in [0.4, 0.5) is 0 Å². The molecule has 2 atom stereocenters. The second-order valence-corrected chi connectivity index (χ2v) is 5.75. The van der Waals surface area contributed by atoms with Gasteiger partial charge in [0.05, 0.1) is 5.92 Å². The minimum atomic E-state index is -0.760. The molecule has 3 rings (SSSR count). The van der Waals surface area contributed by atoms with Crippen LogP contribution in [0.1, 0.15) is 47.2 Å². The molecule has 0 heterocycles. The third kappa shape index (κ3) is 2.29. The zero-order chi connectivity index (χ0) is 13.4. The molecule has 3 nitrogen and oxygen atoms in total. The van der Waals surface area contributed by atoms with Gasteiger partial charge in [-0.1, -0.05) is 12.1 Å². The quantitative estimate of drug-likeness (QED) is 0.848. The van der Waals surface area contributed by atoms with Crippen LogP contribution in [0.3, 0.4) is 0 Å². The number of ketones is 1. The first-order chi connectivity index (χ1) is 9.15. The molecule has 0 aromatic heterocycles. The van der Waals surface area contributed by atoms with Crippen LogP contribution in [-0.2, 0) is 17.6 Å². The van der Waals surface area contributed by atoms with E-state index in [1.807, 2.05) is 12.1 Å². The zero-order valence-electron chi connectivity index (χ0n) is 10.9. The number of carbonyl (C=O) groups is 2. The van der Waals surface area contributed by atoms with Crippen LogP contribution in [0.25, 0.3) is 0 Å². The Bertz CT molecular complexity index is 533. The molecular weight excluding hydrogens is 240 g/mol. The van der Waals surface area contributed by atoms with Gasteiger partial charge in [-0.25, -0.2) is 0 Å². The molecule has 2 unspecified atom stereocenters. The fourth-order valence-electron chi connectivity index (χ4n) is 3.40. The molecule has 1 aromatic rings. The largest absolute Gasteiger partial charge is 0.481 e. The first-order valence-electron chi connectivity index (χ1n) is 7.04. The van der Waals surface area contributed by atoms with E-state index in [4.69, 9.17) is 5.11 Å². The van der Waals surface area contributed by atoms with Gasteiger partial charge in [-0.15, -0.1) is 0 Å². The lowest BCUT2D eigenvalue weighted by Crippen LogP contribution is -2.15. The maximum atomic E-state index is 12.4. The zero-order valence-corrected chi connectivity index (χ0v) is 10.9. The van der Waals surface area contributed by atoms with Gasteiger partial charge in [0.2, 0.25) is 0 Å². The van der Waals surface area contributed by atoms with E-state index in [0.29, 0.717) is 19.3 Å². The molecule has 0 saturated heterocycles. The van der Waals surface area contributed by atoms with Gasteiger partial charge >= 0.3 is 5.97 Å². The Hall–Kier alpha value is -1.64. The highest BCUT2D eigenvalue weighted by Crippen LogP contribution is 2.34. The van der Waals surface area contributed by atoms with Gasteiger partial charge < -0.3 is 5.11 Å². The number of benzene rings is 1. The Morgan fingerprint density at radius 2 is 1.79 bits per heavy atom. The number of carboxylic acids is 1. The number of hydrogen-bond acceptors (Lipinski definition) is 2. The standard InChI is InChI=1S/C16H18O3/c17-15(13-6-7-14(9-13)16(18)19)12-5-4-10-2-1-3-11(10)8-12/h4-5,8,13-14H,1-3,6-7,9H2,(H,18,19). The molecule has 19 heavy (non-hydrogen) atoms. The highest BCUT2D eigenvalue weighted by atomic mass is 16.4. The van der Waals surface area contributed by atoms with Gasteiger partial charge in [0.1, 0.15) is 0 Å². The molecule has 100 valence electrons. The Kier molecular flexibility index (Phi) is 3.13. The normalized spacial score (nSPS) is 25.3. The van der Waals surface area contributed by atoms with Crippen molar-refractivity contribution in [1.82, 2.24) is 0 Å². The average Bonchev–Trinajstić information content (AvgIpc) is 3.06. The molecule has 2 aliphatic rings. The summed E-state index contributed by atoms with van der Waals surface area (Å²) in [4.78, 5) is 23.4. The summed E-state index contributed by atoms with van der Waals surface area (Å²) in [5, 5.41) is 9.00. The van der Waals surface area contributed by atoms with Crippen LogP contribution in [0.2, 0.25) is 0 Å². The fraction of sp³-hybridized carbons (Fsp3) is 0.500. The fourth-order valence-corrected chi connectivity index (χ4v) is 3.40. The maximum Gasteiger partial charge on any atom is 0.306 e. The van der Waals surface area contributed by atoms with Crippen molar-refractivity contribution in [1.29, 1.82) is 0 Å². The summed E-state index contributed by atoms with van der Waals surface area (Å²) in [6.45, 7) is 0. The summed E-state index contributed by atoms with van der Waals surface area (Å²) < 4.78 is 0. The highest BCUT2D eigenvalue weighted by Gasteiger charge is 2.34. The molecule has 3 heteroatoms. The molecule has 0 bridgehead atoms. The van der Waals surface area contributed by atoms with Crippen molar-refractivity contribution in [3.05, 3.63) is 34.9 Å². The summed E-state index contributed by atoms with van der Waals surface area (Å²) in [7, 11) is 0. The summed E-state index contributed by atoms with van der Waals surface area (Å²) in [6, 6.07) is 6.01. The van der Waals surface area contributed by atoms with Crippen LogP contribution >= 0.6 is 0 Å². The van der Waals surface area contributed by atoms with Crippen molar-refractivity contribution in [3.8, 4) is 0 Å². The number of rotatable bonds is 3. The van der Waals surface area contributed by atoms with E-state index in [1.165, 1.54) is 17.5 Å². The van der Waals surface area contributed by atoms with Gasteiger partial charge in [-0.3, -0.25) is 9.59 Å². The molecule has 1 saturated carbocycles. The van der Waals surface area contributed by atoms with Crippen molar-refractivity contribution < 1.29 is 14.7 Å². The number of carbonyl (C=O) groups excluding carboxylic acids is 1. The lowest BCUT2D eigenvalue weighted by atomic mass is 9.93. The Balaban J connectivity index is 1.76. The number of aryl methyl sites for hydroxylation is 2. The van der Waals surface area contributed by atoms with Crippen LogP contribution < -0.4 is 0 Å². The van der Waals surface area contributed by atoms with E-state index >= 15 is 0 Å². The van der Waals surface area contributed by atoms with Crippen molar-refractivity contribution in [2.45, 2.75) is 38.5 Å². The topological polar surface area (TPSA) is 54.4 Å². The van der Waals surface area contributed by atoms with Gasteiger partial charge in [0, 0.05) is 11.5 Å². The summed E-state index contributed by atoms with van der Waals surface area (Å²) in [5.41, 5.74) is 3.45. The van der Waals surface area contributed by atoms with E-state index in [1.54, 1.807) is 0 Å². The number of hydrogen-bond donors (Lipinski definition) is 1. The first kappa shape index (κ1) is 12.4. The predicted octanol–water partition coefficient (Wildman–Crippen LogP) is 2.86. The van der Waals surface area contributed by atoms with Crippen LogP contribution in [-0.4, -0.2) is 16.9 Å². The second kappa shape index (κ2) is 4.80. The average molecular weight is 258 g/mol. The molecule has 0 radical (unpaired) electrons. The molecule has 1 N–H and O–H groups in total. The minimum Gasteiger partial charge on any atom is -0.481 e. The smallest absolute Gasteiger partial charge is 0.306 e. The van der Waals surface area contributed by atoms with E-state index in [2.05, 4.69) is 6.07 Å².